The number of H-pyrrole nitrogens is 4. The Morgan fingerprint density at radius 3 is 0.902 bits per heavy atom. The van der Waals surface area contributed by atoms with Crippen molar-refractivity contribution in [3.05, 3.63) is 146 Å². The second kappa shape index (κ2) is 15.5. The van der Waals surface area contributed by atoms with E-state index < -0.39 is 40.9 Å². The van der Waals surface area contributed by atoms with E-state index in [2.05, 4.69) is 19.9 Å². The molecule has 0 saturated heterocycles. The van der Waals surface area contributed by atoms with Gasteiger partial charge in [0, 0.05) is 53.1 Å². The Bertz CT molecular complexity index is 3850. The molecule has 61 heavy (non-hydrogen) atoms. The van der Waals surface area contributed by atoms with Gasteiger partial charge >= 0.3 is 48.9 Å². The van der Waals surface area contributed by atoms with Gasteiger partial charge in [-0.1, -0.05) is 46.4 Å². The number of aromatic amines is 4. The van der Waals surface area contributed by atoms with Gasteiger partial charge in [-0.25, -0.2) is 16.8 Å². The van der Waals surface area contributed by atoms with Crippen molar-refractivity contribution in [2.24, 2.45) is 0 Å². The second-order valence-electron chi connectivity index (χ2n) is 13.6. The maximum absolute atomic E-state index is 13.1. The Morgan fingerprint density at radius 2 is 0.607 bits per heavy atom. The third-order valence-corrected chi connectivity index (χ3v) is 13.1. The van der Waals surface area contributed by atoms with Crippen molar-refractivity contribution in [2.45, 2.75) is 9.79 Å². The first kappa shape index (κ1) is 43.4. The van der Waals surface area contributed by atoms with Gasteiger partial charge in [-0.05, 0) is 84.9 Å². The molecule has 21 heteroatoms. The van der Waals surface area contributed by atoms with Gasteiger partial charge in [-0.3, -0.25) is 19.2 Å². The molecule has 0 fully saturated rings. The summed E-state index contributed by atoms with van der Waals surface area (Å²) in [4.78, 5) is 62.8. The molecule has 300 valence electrons. The summed E-state index contributed by atoms with van der Waals surface area (Å²) in [6.45, 7) is 0. The normalized spacial score (nSPS) is 12.2. The molecule has 10 aromatic rings. The maximum atomic E-state index is 13.1. The van der Waals surface area contributed by atoms with Crippen molar-refractivity contribution >= 4 is 203 Å². The number of fused-ring (bicyclic) bond motifs is 8. The minimum Gasteiger partial charge on any atom is -0.744 e. The van der Waals surface area contributed by atoms with Crippen molar-refractivity contribution in [3.63, 3.8) is 0 Å². The molecular weight excluding hydrogens is 1040 g/mol. The zero-order valence-corrected chi connectivity index (χ0v) is 39.3. The van der Waals surface area contributed by atoms with Crippen LogP contribution in [0.25, 0.3) is 87.2 Å². The fourth-order valence-corrected chi connectivity index (χ4v) is 9.59. The monoisotopic (exact) mass is 1060 g/mol. The number of benzene rings is 6. The van der Waals surface area contributed by atoms with Gasteiger partial charge in [0.2, 0.25) is 0 Å². The van der Waals surface area contributed by atoms with Crippen molar-refractivity contribution in [3.8, 4) is 0 Å². The van der Waals surface area contributed by atoms with Crippen molar-refractivity contribution < 1.29 is 25.9 Å². The minimum atomic E-state index is -4.86. The van der Waals surface area contributed by atoms with Crippen LogP contribution >= 0.6 is 46.4 Å². The molecule has 14 nitrogen and oxygen atoms in total. The van der Waals surface area contributed by atoms with Crippen LogP contribution in [0.5, 0.6) is 0 Å². The summed E-state index contributed by atoms with van der Waals surface area (Å²) < 4.78 is 68.6. The van der Waals surface area contributed by atoms with Crippen LogP contribution in [-0.4, -0.2) is 94.8 Å². The molecule has 0 aliphatic heterocycles. The summed E-state index contributed by atoms with van der Waals surface area (Å²) in [6.07, 6.45) is 0. The van der Waals surface area contributed by atoms with Crippen molar-refractivity contribution in [1.82, 2.24) is 19.9 Å². The predicted octanol–water partition coefficient (Wildman–Crippen LogP) is 7.39. The van der Waals surface area contributed by atoms with Gasteiger partial charge in [0.15, 0.2) is 21.7 Å². The smallest absolute Gasteiger partial charge is 0.744 e. The molecule has 0 spiro atoms. The maximum Gasteiger partial charge on any atom is 2.00 e. The van der Waals surface area contributed by atoms with Crippen LogP contribution in [0.1, 0.15) is 0 Å². The SMILES string of the molecule is O=c1c2ccc(Cl)cc2[nH]c2cc3c(=O)c4cc(S(=O)(=O)[O-])c(Cl)cc4[nH]c3cc12.O=c1c2ccc(Cl)cc2[nH]c2cc3c(=O)c4cc(S(=O)(=O)[O-])c(Cl)cc4[nH]c3cc12.[Ba+2]. The summed E-state index contributed by atoms with van der Waals surface area (Å²) in [5.41, 5.74) is 1.61. The molecule has 0 unspecified atom stereocenters. The Labute approximate surface area is 400 Å². The fourth-order valence-electron chi connectivity index (χ4n) is 7.23. The van der Waals surface area contributed by atoms with Crippen LogP contribution in [0.4, 0.5) is 0 Å². The molecule has 0 saturated carbocycles. The minimum absolute atomic E-state index is 0. The third-order valence-electron chi connectivity index (χ3n) is 10.00. The van der Waals surface area contributed by atoms with Gasteiger partial charge in [0.25, 0.3) is 0 Å². The Morgan fingerprint density at radius 1 is 0.361 bits per heavy atom. The van der Waals surface area contributed by atoms with E-state index in [1.807, 2.05) is 0 Å². The van der Waals surface area contributed by atoms with E-state index in [1.165, 1.54) is 24.3 Å². The van der Waals surface area contributed by atoms with E-state index in [1.54, 1.807) is 48.5 Å². The van der Waals surface area contributed by atoms with Crippen LogP contribution in [0.2, 0.25) is 20.1 Å². The van der Waals surface area contributed by atoms with Gasteiger partial charge < -0.3 is 29.0 Å². The first-order valence-electron chi connectivity index (χ1n) is 17.1. The molecule has 0 aliphatic carbocycles. The van der Waals surface area contributed by atoms with E-state index in [0.29, 0.717) is 64.7 Å². The first-order valence-corrected chi connectivity index (χ1v) is 21.4. The van der Waals surface area contributed by atoms with Gasteiger partial charge in [0.1, 0.15) is 20.2 Å². The number of aromatic nitrogens is 4. The van der Waals surface area contributed by atoms with Gasteiger partial charge in [-0.2, -0.15) is 0 Å². The summed E-state index contributed by atoms with van der Waals surface area (Å²) in [5, 5.41) is 2.32. The number of nitrogens with one attached hydrogen (secondary N) is 4. The molecule has 10 rings (SSSR count). The van der Waals surface area contributed by atoms with Crippen LogP contribution in [0.15, 0.2) is 114 Å². The number of hydrogen-bond acceptors (Lipinski definition) is 10. The third kappa shape index (κ3) is 7.58. The fraction of sp³-hybridized carbons (Fsp3) is 0. The average Bonchev–Trinajstić information content (AvgIpc) is 3.16. The quantitative estimate of drug-likeness (QED) is 0.0759. The Hall–Kier alpha value is -4.25. The second-order valence-corrected chi connectivity index (χ2v) is 18.0. The Balaban J connectivity index is 0.000000166. The number of pyridine rings is 4. The molecule has 4 aromatic heterocycles. The zero-order valence-electron chi connectivity index (χ0n) is 30.2. The molecule has 4 N–H and O–H groups in total. The average molecular weight is 1060 g/mol. The topological polar surface area (TPSA) is 246 Å². The van der Waals surface area contributed by atoms with Crippen LogP contribution in [-0.2, 0) is 20.2 Å². The molecule has 0 bridgehead atoms. The molecule has 0 atom stereocenters. The van der Waals surface area contributed by atoms with Crippen molar-refractivity contribution in [2.75, 3.05) is 0 Å². The molecular formula is C40H18BaCl4N4O10S2. The molecule has 0 radical (unpaired) electrons. The summed E-state index contributed by atoms with van der Waals surface area (Å²) >= 11 is 23.9. The van der Waals surface area contributed by atoms with Crippen molar-refractivity contribution in [1.29, 1.82) is 0 Å². The molecule has 0 aliphatic rings. The standard InChI is InChI=1S/2C20H10Cl2N2O5S.Ba/c2*21-8-1-2-9-14(3-8)23-15-5-11-16(4-10(15)19(9)25)24-17-7-13(22)18(30(27,28)29)6-12(17)20(11)26;/h2*1-7H,(H,23,25)(H,24,26)(H,27,28,29);/q;;+2/p-2. The zero-order chi connectivity index (χ0) is 42.7. The van der Waals surface area contributed by atoms with Crippen LogP contribution in [0.3, 0.4) is 0 Å². The van der Waals surface area contributed by atoms with Crippen LogP contribution < -0.4 is 21.7 Å². The van der Waals surface area contributed by atoms with E-state index in [0.717, 1.165) is 12.1 Å². The van der Waals surface area contributed by atoms with E-state index in [4.69, 9.17) is 46.4 Å². The predicted molar refractivity (Wildman–Crippen MR) is 237 cm³/mol. The largest absolute Gasteiger partial charge is 2.00 e. The molecule has 0 amide bonds. The summed E-state index contributed by atoms with van der Waals surface area (Å²) in [6, 6.07) is 20.1. The number of hydrogen-bond donors (Lipinski definition) is 4. The molecule has 4 heterocycles. The van der Waals surface area contributed by atoms with Crippen LogP contribution in [0, 0.1) is 0 Å². The number of halogens is 4. The van der Waals surface area contributed by atoms with E-state index >= 15 is 0 Å². The Kier molecular flexibility index (Phi) is 11.0. The van der Waals surface area contributed by atoms with E-state index in [-0.39, 0.29) is 102 Å². The van der Waals surface area contributed by atoms with E-state index in [9.17, 15) is 45.1 Å². The number of rotatable bonds is 2. The van der Waals surface area contributed by atoms with Gasteiger partial charge in [0.05, 0.1) is 64.0 Å². The summed E-state index contributed by atoms with van der Waals surface area (Å²) in [7, 11) is -9.72. The first-order chi connectivity index (χ1) is 28.3. The molecule has 6 aromatic carbocycles. The van der Waals surface area contributed by atoms with Gasteiger partial charge in [-0.15, -0.1) is 0 Å². The summed E-state index contributed by atoms with van der Waals surface area (Å²) in [5.74, 6) is 0.